The molecule has 0 saturated heterocycles. The van der Waals surface area contributed by atoms with Gasteiger partial charge in [-0.2, -0.15) is 0 Å². The Bertz CT molecular complexity index is 300. The van der Waals surface area contributed by atoms with Crippen LogP contribution in [0.1, 0.15) is 53.4 Å². The van der Waals surface area contributed by atoms with Crippen molar-refractivity contribution < 1.29 is 9.90 Å². The van der Waals surface area contributed by atoms with Gasteiger partial charge in [0.1, 0.15) is 0 Å². The van der Waals surface area contributed by atoms with Gasteiger partial charge < -0.3 is 15.7 Å². The van der Waals surface area contributed by atoms with Crippen molar-refractivity contribution in [2.24, 2.45) is 5.92 Å². The van der Waals surface area contributed by atoms with Crippen LogP contribution in [-0.4, -0.2) is 53.9 Å². The van der Waals surface area contributed by atoms with E-state index >= 15 is 0 Å². The van der Waals surface area contributed by atoms with Crippen LogP contribution in [0.25, 0.3) is 0 Å². The van der Waals surface area contributed by atoms with E-state index in [-0.39, 0.29) is 12.1 Å². The van der Waals surface area contributed by atoms with Gasteiger partial charge in [-0.1, -0.05) is 6.42 Å². The summed E-state index contributed by atoms with van der Waals surface area (Å²) in [5.41, 5.74) is 0. The second-order valence-corrected chi connectivity index (χ2v) is 6.75. The lowest BCUT2D eigenvalue weighted by Gasteiger charge is -2.30. The van der Waals surface area contributed by atoms with Gasteiger partial charge in [-0.05, 0) is 52.9 Å². The Morgan fingerprint density at radius 1 is 1.19 bits per heavy atom. The molecule has 5 heteroatoms. The lowest BCUT2D eigenvalue weighted by molar-refractivity contribution is 0.101. The number of carbonyl (C=O) groups is 1. The van der Waals surface area contributed by atoms with Crippen molar-refractivity contribution in [3.63, 3.8) is 0 Å². The molecule has 5 nitrogen and oxygen atoms in total. The molecule has 0 aromatic carbocycles. The molecule has 1 aliphatic carbocycles. The van der Waals surface area contributed by atoms with Gasteiger partial charge >= 0.3 is 6.03 Å². The Balaban J connectivity index is 2.16. The summed E-state index contributed by atoms with van der Waals surface area (Å²) in [6.07, 6.45) is 3.70. The molecular weight excluding hydrogens is 266 g/mol. The first-order chi connectivity index (χ1) is 9.90. The number of urea groups is 1. The van der Waals surface area contributed by atoms with E-state index in [0.29, 0.717) is 31.1 Å². The highest BCUT2D eigenvalue weighted by Gasteiger charge is 2.20. The van der Waals surface area contributed by atoms with Crippen LogP contribution in [0.2, 0.25) is 0 Å². The number of hydrogen-bond donors (Lipinski definition) is 3. The molecule has 2 atom stereocenters. The quantitative estimate of drug-likeness (QED) is 0.673. The number of hydrogen-bond acceptors (Lipinski definition) is 3. The maximum atomic E-state index is 11.8. The molecular formula is C16H33N3O2. The fraction of sp³-hybridized carbons (Fsp3) is 0.938. The van der Waals surface area contributed by atoms with Gasteiger partial charge in [-0.15, -0.1) is 0 Å². The van der Waals surface area contributed by atoms with Crippen LogP contribution in [0.4, 0.5) is 4.79 Å². The van der Waals surface area contributed by atoms with E-state index in [1.165, 1.54) is 0 Å². The monoisotopic (exact) mass is 299 g/mol. The highest BCUT2D eigenvalue weighted by molar-refractivity contribution is 5.73. The van der Waals surface area contributed by atoms with Gasteiger partial charge in [0.25, 0.3) is 0 Å². The zero-order valence-electron chi connectivity index (χ0n) is 14.1. The molecule has 0 aromatic heterocycles. The number of nitrogens with zero attached hydrogens (tertiary/aromatic N) is 1. The van der Waals surface area contributed by atoms with E-state index in [1.54, 1.807) is 0 Å². The first kappa shape index (κ1) is 18.2. The van der Waals surface area contributed by atoms with Crippen molar-refractivity contribution >= 4 is 6.03 Å². The van der Waals surface area contributed by atoms with E-state index < -0.39 is 0 Å². The van der Waals surface area contributed by atoms with E-state index in [4.69, 9.17) is 0 Å². The SMILES string of the molecule is CC(C)N(CCNC(=O)NCC1CCCC(O)C1)C(C)C. The largest absolute Gasteiger partial charge is 0.393 e. The molecule has 1 rings (SSSR count). The summed E-state index contributed by atoms with van der Waals surface area (Å²) in [5.74, 6) is 0.419. The van der Waals surface area contributed by atoms with Crippen LogP contribution < -0.4 is 10.6 Å². The number of aliphatic hydroxyl groups is 1. The summed E-state index contributed by atoms with van der Waals surface area (Å²) in [7, 11) is 0. The number of aliphatic hydroxyl groups excluding tert-OH is 1. The first-order valence-corrected chi connectivity index (χ1v) is 8.35. The van der Waals surface area contributed by atoms with Crippen LogP contribution in [-0.2, 0) is 0 Å². The minimum absolute atomic E-state index is 0.0949. The molecule has 2 amide bonds. The number of nitrogens with one attached hydrogen (secondary N) is 2. The van der Waals surface area contributed by atoms with E-state index in [0.717, 1.165) is 32.2 Å². The Hall–Kier alpha value is -0.810. The maximum Gasteiger partial charge on any atom is 0.314 e. The Labute approximate surface area is 129 Å². The molecule has 0 heterocycles. The normalized spacial score (nSPS) is 22.9. The second-order valence-electron chi connectivity index (χ2n) is 6.75. The second kappa shape index (κ2) is 9.26. The Morgan fingerprint density at radius 3 is 2.43 bits per heavy atom. The van der Waals surface area contributed by atoms with Crippen LogP contribution in [0.5, 0.6) is 0 Å². The molecule has 0 radical (unpaired) electrons. The molecule has 124 valence electrons. The third-order valence-electron chi connectivity index (χ3n) is 4.29. The van der Waals surface area contributed by atoms with Gasteiger partial charge in [0, 0.05) is 31.7 Å². The van der Waals surface area contributed by atoms with Crippen LogP contribution in [0.15, 0.2) is 0 Å². The average molecular weight is 299 g/mol. The molecule has 1 saturated carbocycles. The predicted octanol–water partition coefficient (Wildman–Crippen LogP) is 1.96. The summed E-state index contributed by atoms with van der Waals surface area (Å²) in [5, 5.41) is 15.5. The highest BCUT2D eigenvalue weighted by atomic mass is 16.3. The molecule has 0 spiro atoms. The smallest absolute Gasteiger partial charge is 0.314 e. The Morgan fingerprint density at radius 2 is 1.86 bits per heavy atom. The molecule has 0 aliphatic heterocycles. The van der Waals surface area contributed by atoms with Gasteiger partial charge in [0.05, 0.1) is 6.10 Å². The molecule has 0 aromatic rings. The summed E-state index contributed by atoms with van der Waals surface area (Å²) in [6.45, 7) is 10.9. The maximum absolute atomic E-state index is 11.8. The van der Waals surface area contributed by atoms with Crippen molar-refractivity contribution in [3.8, 4) is 0 Å². The van der Waals surface area contributed by atoms with Gasteiger partial charge in [0.2, 0.25) is 0 Å². The highest BCUT2D eigenvalue weighted by Crippen LogP contribution is 2.23. The van der Waals surface area contributed by atoms with Crippen molar-refractivity contribution in [3.05, 3.63) is 0 Å². The molecule has 3 N–H and O–H groups in total. The zero-order chi connectivity index (χ0) is 15.8. The fourth-order valence-corrected chi connectivity index (χ4v) is 3.16. The predicted molar refractivity (Wildman–Crippen MR) is 86.3 cm³/mol. The van der Waals surface area contributed by atoms with Crippen LogP contribution in [0.3, 0.4) is 0 Å². The summed E-state index contributed by atoms with van der Waals surface area (Å²) < 4.78 is 0. The van der Waals surface area contributed by atoms with Gasteiger partial charge in [-0.25, -0.2) is 4.79 Å². The molecule has 1 fully saturated rings. The number of amides is 2. The van der Waals surface area contributed by atoms with E-state index in [9.17, 15) is 9.90 Å². The molecule has 1 aliphatic rings. The van der Waals surface area contributed by atoms with Gasteiger partial charge in [-0.3, -0.25) is 4.90 Å². The first-order valence-electron chi connectivity index (χ1n) is 8.35. The average Bonchev–Trinajstić information content (AvgIpc) is 2.40. The standard InChI is InChI=1S/C16H33N3O2/c1-12(2)19(13(3)4)9-8-17-16(21)18-11-14-6-5-7-15(20)10-14/h12-15,20H,5-11H2,1-4H3,(H2,17,18,21). The lowest BCUT2D eigenvalue weighted by atomic mass is 9.87. The molecule has 21 heavy (non-hydrogen) atoms. The zero-order valence-corrected chi connectivity index (χ0v) is 14.1. The summed E-state index contributed by atoms with van der Waals surface area (Å²) >= 11 is 0. The Kier molecular flexibility index (Phi) is 8.04. The van der Waals surface area contributed by atoms with Crippen LogP contribution >= 0.6 is 0 Å². The molecule has 0 bridgehead atoms. The van der Waals surface area contributed by atoms with E-state index in [1.807, 2.05) is 0 Å². The fourth-order valence-electron chi connectivity index (χ4n) is 3.16. The number of rotatable bonds is 7. The van der Waals surface area contributed by atoms with Crippen molar-refractivity contribution in [2.45, 2.75) is 71.6 Å². The van der Waals surface area contributed by atoms with Crippen molar-refractivity contribution in [1.29, 1.82) is 0 Å². The minimum atomic E-state index is -0.181. The third kappa shape index (κ3) is 7.14. The van der Waals surface area contributed by atoms with Gasteiger partial charge in [0.15, 0.2) is 0 Å². The van der Waals surface area contributed by atoms with E-state index in [2.05, 4.69) is 43.2 Å². The van der Waals surface area contributed by atoms with Crippen molar-refractivity contribution in [2.75, 3.05) is 19.6 Å². The third-order valence-corrected chi connectivity index (χ3v) is 4.29. The molecule has 2 unspecified atom stereocenters. The van der Waals surface area contributed by atoms with Crippen LogP contribution in [0, 0.1) is 5.92 Å². The number of carbonyl (C=O) groups excluding carboxylic acids is 1. The van der Waals surface area contributed by atoms with Crippen molar-refractivity contribution in [1.82, 2.24) is 15.5 Å². The lowest BCUT2D eigenvalue weighted by Crippen LogP contribution is -2.45. The summed E-state index contributed by atoms with van der Waals surface area (Å²) in [6, 6.07) is 0.875. The minimum Gasteiger partial charge on any atom is -0.393 e. The summed E-state index contributed by atoms with van der Waals surface area (Å²) in [4.78, 5) is 14.1. The topological polar surface area (TPSA) is 64.6 Å².